The first kappa shape index (κ1) is 17.3. The van der Waals surface area contributed by atoms with Crippen molar-refractivity contribution in [1.82, 2.24) is 4.31 Å². The summed E-state index contributed by atoms with van der Waals surface area (Å²) in [5.74, 6) is -0.394. The zero-order chi connectivity index (χ0) is 17.5. The molecule has 0 amide bonds. The van der Waals surface area contributed by atoms with Crippen molar-refractivity contribution in [3.05, 3.63) is 75.7 Å². The van der Waals surface area contributed by atoms with Crippen LogP contribution < -0.4 is 0 Å². The summed E-state index contributed by atoms with van der Waals surface area (Å²) in [6.07, 6.45) is 0.247. The Bertz CT molecular complexity index is 893. The summed E-state index contributed by atoms with van der Waals surface area (Å²) in [5.41, 5.74) is 1.58. The molecule has 0 aliphatic carbocycles. The topological polar surface area (TPSA) is 37.4 Å². The van der Waals surface area contributed by atoms with Crippen LogP contribution in [0, 0.1) is 12.7 Å². The maximum atomic E-state index is 13.2. The number of benzene rings is 2. The molecule has 7 heteroatoms. The van der Waals surface area contributed by atoms with Gasteiger partial charge in [0, 0.05) is 6.42 Å². The molecule has 0 radical (unpaired) electrons. The third kappa shape index (κ3) is 3.04. The number of sulfonamides is 1. The summed E-state index contributed by atoms with van der Waals surface area (Å²) in [6.45, 7) is 1.87. The Morgan fingerprint density at radius 2 is 1.62 bits per heavy atom. The highest BCUT2D eigenvalue weighted by atomic mass is 35.5. The highest BCUT2D eigenvalue weighted by Gasteiger charge is 2.40. The van der Waals surface area contributed by atoms with E-state index in [1.54, 1.807) is 12.1 Å². The van der Waals surface area contributed by atoms with E-state index < -0.39 is 21.9 Å². The van der Waals surface area contributed by atoms with Gasteiger partial charge in [0.05, 0.1) is 16.0 Å². The Morgan fingerprint density at radius 3 is 2.21 bits per heavy atom. The van der Waals surface area contributed by atoms with E-state index in [0.717, 1.165) is 9.87 Å². The minimum Gasteiger partial charge on any atom is -0.247 e. The third-order valence-electron chi connectivity index (χ3n) is 3.91. The van der Waals surface area contributed by atoms with Crippen LogP contribution in [0.3, 0.4) is 0 Å². The first-order chi connectivity index (χ1) is 11.3. The fourth-order valence-electron chi connectivity index (χ4n) is 2.63. The van der Waals surface area contributed by atoms with Gasteiger partial charge in [-0.05, 0) is 36.8 Å². The van der Waals surface area contributed by atoms with Gasteiger partial charge in [-0.25, -0.2) is 17.1 Å². The van der Waals surface area contributed by atoms with E-state index in [4.69, 9.17) is 23.2 Å². The molecule has 126 valence electrons. The molecule has 3 nitrogen and oxygen atoms in total. The molecule has 0 N–H and O–H groups in total. The molecule has 0 aromatic heterocycles. The molecule has 2 aromatic carbocycles. The molecule has 1 heterocycles. The Hall–Kier alpha value is -1.56. The monoisotopic (exact) mass is 385 g/mol. The lowest BCUT2D eigenvalue weighted by Gasteiger charge is -2.27. The molecule has 0 saturated carbocycles. The number of hydrogen-bond acceptors (Lipinski definition) is 2. The minimum atomic E-state index is -3.88. The Morgan fingerprint density at radius 1 is 1.04 bits per heavy atom. The Balaban J connectivity index is 2.07. The summed E-state index contributed by atoms with van der Waals surface area (Å²) in [4.78, 5) is 0.129. The fraction of sp³-hybridized carbons (Fsp3) is 0.176. The van der Waals surface area contributed by atoms with Gasteiger partial charge in [-0.3, -0.25) is 0 Å². The number of nitrogens with zero attached hydrogens (tertiary/aromatic N) is 1. The molecule has 0 fully saturated rings. The maximum absolute atomic E-state index is 13.2. The van der Waals surface area contributed by atoms with E-state index in [0.29, 0.717) is 5.56 Å². The summed E-state index contributed by atoms with van der Waals surface area (Å²) < 4.78 is 40.3. The van der Waals surface area contributed by atoms with Gasteiger partial charge in [0.15, 0.2) is 0 Å². The van der Waals surface area contributed by atoms with Crippen LogP contribution in [-0.4, -0.2) is 12.7 Å². The number of halogens is 3. The molecule has 1 aliphatic rings. The van der Waals surface area contributed by atoms with E-state index in [2.05, 4.69) is 0 Å². The maximum Gasteiger partial charge on any atom is 0.265 e. The van der Waals surface area contributed by atoms with Gasteiger partial charge < -0.3 is 0 Å². The number of rotatable bonds is 3. The summed E-state index contributed by atoms with van der Waals surface area (Å²) in [5, 5.41) is 0.244. The smallest absolute Gasteiger partial charge is 0.247 e. The average molecular weight is 386 g/mol. The van der Waals surface area contributed by atoms with Crippen molar-refractivity contribution in [3.63, 3.8) is 0 Å². The second-order valence-corrected chi connectivity index (χ2v) is 8.21. The molecule has 0 bridgehead atoms. The third-order valence-corrected chi connectivity index (χ3v) is 6.67. The van der Waals surface area contributed by atoms with Gasteiger partial charge in [0.25, 0.3) is 10.0 Å². The van der Waals surface area contributed by atoms with Crippen molar-refractivity contribution in [2.24, 2.45) is 0 Å². The van der Waals surface area contributed by atoms with Crippen LogP contribution in [0.1, 0.15) is 23.6 Å². The van der Waals surface area contributed by atoms with Crippen LogP contribution in [0.5, 0.6) is 0 Å². The predicted octanol–water partition coefficient (Wildman–Crippen LogP) is 4.92. The van der Waals surface area contributed by atoms with E-state index in [9.17, 15) is 12.8 Å². The van der Waals surface area contributed by atoms with Gasteiger partial charge in [0.2, 0.25) is 0 Å². The molecule has 1 aliphatic heterocycles. The highest BCUT2D eigenvalue weighted by molar-refractivity contribution is 7.89. The molecule has 2 aromatic rings. The van der Waals surface area contributed by atoms with Crippen LogP contribution in [0.4, 0.5) is 4.39 Å². The molecular weight excluding hydrogens is 372 g/mol. The minimum absolute atomic E-state index is 0.0217. The molecule has 0 spiro atoms. The van der Waals surface area contributed by atoms with Gasteiger partial charge in [0.1, 0.15) is 11.0 Å². The standard InChI is InChI=1S/C17H14Cl2FNO2S/c1-11-2-8-14(9-3-11)24(22,23)21-16(10-15(18)17(21)19)12-4-6-13(20)7-5-12/h2-9,16H,10H2,1H3. The van der Waals surface area contributed by atoms with Crippen LogP contribution in [0.2, 0.25) is 0 Å². The second-order valence-electron chi connectivity index (χ2n) is 5.58. The lowest BCUT2D eigenvalue weighted by atomic mass is 10.1. The van der Waals surface area contributed by atoms with E-state index in [1.165, 1.54) is 36.4 Å². The number of hydrogen-bond donors (Lipinski definition) is 0. The van der Waals surface area contributed by atoms with Crippen molar-refractivity contribution in [2.45, 2.75) is 24.3 Å². The van der Waals surface area contributed by atoms with Crippen molar-refractivity contribution in [2.75, 3.05) is 0 Å². The van der Waals surface area contributed by atoms with Crippen molar-refractivity contribution < 1.29 is 12.8 Å². The van der Waals surface area contributed by atoms with E-state index in [-0.39, 0.29) is 21.5 Å². The molecule has 24 heavy (non-hydrogen) atoms. The first-order valence-corrected chi connectivity index (χ1v) is 9.41. The van der Waals surface area contributed by atoms with Crippen LogP contribution in [0.25, 0.3) is 0 Å². The van der Waals surface area contributed by atoms with Crippen molar-refractivity contribution >= 4 is 33.2 Å². The molecular formula is C17H14Cl2FNO2S. The molecule has 1 unspecified atom stereocenters. The predicted molar refractivity (Wildman–Crippen MR) is 92.7 cm³/mol. The van der Waals surface area contributed by atoms with Crippen LogP contribution in [-0.2, 0) is 10.0 Å². The van der Waals surface area contributed by atoms with Crippen molar-refractivity contribution in [1.29, 1.82) is 0 Å². The normalized spacial score (nSPS) is 18.3. The largest absolute Gasteiger partial charge is 0.265 e. The Labute approximate surface area is 150 Å². The quantitative estimate of drug-likeness (QED) is 0.703. The van der Waals surface area contributed by atoms with E-state index >= 15 is 0 Å². The van der Waals surface area contributed by atoms with Crippen molar-refractivity contribution in [3.8, 4) is 0 Å². The first-order valence-electron chi connectivity index (χ1n) is 7.21. The number of aryl methyl sites for hydroxylation is 1. The van der Waals surface area contributed by atoms with Gasteiger partial charge in [-0.15, -0.1) is 0 Å². The molecule has 3 rings (SSSR count). The molecule has 0 saturated heterocycles. The lowest BCUT2D eigenvalue weighted by Crippen LogP contribution is -2.29. The van der Waals surface area contributed by atoms with Crippen LogP contribution in [0.15, 0.2) is 63.6 Å². The summed E-state index contributed by atoms with van der Waals surface area (Å²) in [6, 6.07) is 11.5. The SMILES string of the molecule is Cc1ccc(S(=O)(=O)N2C(Cl)=C(Cl)CC2c2ccc(F)cc2)cc1. The highest BCUT2D eigenvalue weighted by Crippen LogP contribution is 2.45. The Kier molecular flexibility index (Phi) is 4.60. The van der Waals surface area contributed by atoms with Crippen LogP contribution >= 0.6 is 23.2 Å². The zero-order valence-electron chi connectivity index (χ0n) is 12.7. The second kappa shape index (κ2) is 6.39. The fourth-order valence-corrected chi connectivity index (χ4v) is 4.94. The zero-order valence-corrected chi connectivity index (χ0v) is 15.0. The summed E-state index contributed by atoms with van der Waals surface area (Å²) >= 11 is 12.3. The lowest BCUT2D eigenvalue weighted by molar-refractivity contribution is 0.427. The summed E-state index contributed by atoms with van der Waals surface area (Å²) in [7, 11) is -3.88. The van der Waals surface area contributed by atoms with Gasteiger partial charge >= 0.3 is 0 Å². The van der Waals surface area contributed by atoms with Gasteiger partial charge in [-0.1, -0.05) is 53.0 Å². The molecule has 1 atom stereocenters. The van der Waals surface area contributed by atoms with E-state index in [1.807, 2.05) is 6.92 Å². The average Bonchev–Trinajstić information content (AvgIpc) is 2.84. The van der Waals surface area contributed by atoms with Gasteiger partial charge in [-0.2, -0.15) is 0 Å².